The lowest BCUT2D eigenvalue weighted by Crippen LogP contribution is -2.14. The molecule has 0 atom stereocenters. The van der Waals surface area contributed by atoms with E-state index in [-0.39, 0.29) is 35.2 Å². The van der Waals surface area contributed by atoms with Gasteiger partial charge in [0.1, 0.15) is 16.5 Å². The van der Waals surface area contributed by atoms with Gasteiger partial charge in [-0.25, -0.2) is 9.37 Å². The van der Waals surface area contributed by atoms with Gasteiger partial charge < -0.3 is 9.40 Å². The summed E-state index contributed by atoms with van der Waals surface area (Å²) in [5, 5.41) is 0.452. The zero-order valence-corrected chi connectivity index (χ0v) is 14.5. The molecule has 1 N–H and O–H groups in total. The van der Waals surface area contributed by atoms with Crippen molar-refractivity contribution in [1.29, 1.82) is 0 Å². The number of furan rings is 1. The fourth-order valence-electron chi connectivity index (χ4n) is 2.89. The van der Waals surface area contributed by atoms with Crippen molar-refractivity contribution in [2.24, 2.45) is 0 Å². The summed E-state index contributed by atoms with van der Waals surface area (Å²) in [7, 11) is 0. The van der Waals surface area contributed by atoms with Gasteiger partial charge in [0.15, 0.2) is 5.76 Å². The highest BCUT2D eigenvalue weighted by Crippen LogP contribution is 2.35. The highest BCUT2D eigenvalue weighted by molar-refractivity contribution is 7.19. The summed E-state index contributed by atoms with van der Waals surface area (Å²) in [5.41, 5.74) is 1.17. The average Bonchev–Trinajstić information content (AvgIpc) is 3.23. The number of hydrogen-bond acceptors (Lipinski definition) is 5. The largest absolute Gasteiger partial charge is 0.461 e. The van der Waals surface area contributed by atoms with Crippen molar-refractivity contribution in [3.05, 3.63) is 75.3 Å². The summed E-state index contributed by atoms with van der Waals surface area (Å²) < 4.78 is 18.3. The summed E-state index contributed by atoms with van der Waals surface area (Å²) in [5.74, 6) is -0.0841. The van der Waals surface area contributed by atoms with Crippen molar-refractivity contribution in [3.8, 4) is 11.1 Å². The number of aromatic amines is 1. The van der Waals surface area contributed by atoms with Crippen LogP contribution in [-0.4, -0.2) is 15.8 Å². The van der Waals surface area contributed by atoms with Gasteiger partial charge in [0.05, 0.1) is 18.1 Å². The fraction of sp³-hybridized carbons (Fsp3) is 0.105. The molecule has 0 aliphatic carbocycles. The van der Waals surface area contributed by atoms with Crippen LogP contribution in [0.1, 0.15) is 21.3 Å². The zero-order valence-electron chi connectivity index (χ0n) is 13.7. The number of rotatable bonds is 4. The lowest BCUT2D eigenvalue weighted by Gasteiger charge is -2.03. The second-order valence-corrected chi connectivity index (χ2v) is 7.01. The number of carbonyl (C=O) groups excluding carboxylic acids is 1. The number of nitrogens with one attached hydrogen (secondary N) is 1. The number of ketones is 1. The molecule has 4 rings (SSSR count). The van der Waals surface area contributed by atoms with E-state index >= 15 is 0 Å². The van der Waals surface area contributed by atoms with Gasteiger partial charge in [-0.15, -0.1) is 11.3 Å². The topological polar surface area (TPSA) is 76.0 Å². The molecule has 0 bridgehead atoms. The normalized spacial score (nSPS) is 11.2. The van der Waals surface area contributed by atoms with Crippen LogP contribution in [0.2, 0.25) is 0 Å². The zero-order chi connectivity index (χ0) is 18.3. The Kier molecular flexibility index (Phi) is 4.00. The van der Waals surface area contributed by atoms with Crippen LogP contribution in [0.25, 0.3) is 21.3 Å². The van der Waals surface area contributed by atoms with Crippen molar-refractivity contribution in [3.63, 3.8) is 0 Å². The monoisotopic (exact) mass is 368 g/mol. The van der Waals surface area contributed by atoms with E-state index in [1.54, 1.807) is 24.3 Å². The van der Waals surface area contributed by atoms with Crippen LogP contribution in [0.5, 0.6) is 0 Å². The standard InChI is InChI=1S/C19H13FN2O3S/c1-10-16(11-4-6-12(20)7-5-11)17-18(24)21-15(22-19(17)26-10)9-13(23)14-3-2-8-25-14/h2-8H,9H2,1H3,(H,21,22,24). The summed E-state index contributed by atoms with van der Waals surface area (Å²) >= 11 is 1.37. The van der Waals surface area contributed by atoms with Crippen molar-refractivity contribution >= 4 is 27.3 Å². The first-order valence-electron chi connectivity index (χ1n) is 7.88. The summed E-state index contributed by atoms with van der Waals surface area (Å²) in [6, 6.07) is 9.19. The van der Waals surface area contributed by atoms with Crippen LogP contribution in [0, 0.1) is 12.7 Å². The first-order chi connectivity index (χ1) is 12.5. The Labute approximate surface area is 151 Å². The van der Waals surface area contributed by atoms with Gasteiger partial charge in [0.25, 0.3) is 5.56 Å². The maximum Gasteiger partial charge on any atom is 0.260 e. The maximum atomic E-state index is 13.2. The number of fused-ring (bicyclic) bond motifs is 1. The van der Waals surface area contributed by atoms with Gasteiger partial charge in [-0.2, -0.15) is 0 Å². The summed E-state index contributed by atoms with van der Waals surface area (Å²) in [4.78, 5) is 33.4. The molecule has 0 saturated heterocycles. The molecule has 0 aliphatic heterocycles. The van der Waals surface area contributed by atoms with Gasteiger partial charge in [-0.3, -0.25) is 9.59 Å². The minimum absolute atomic E-state index is 0.0540. The maximum absolute atomic E-state index is 13.2. The van der Waals surface area contributed by atoms with Crippen LogP contribution in [0.4, 0.5) is 4.39 Å². The molecule has 7 heteroatoms. The van der Waals surface area contributed by atoms with Crippen LogP contribution >= 0.6 is 11.3 Å². The molecule has 0 saturated carbocycles. The number of halogens is 1. The van der Waals surface area contributed by atoms with Crippen molar-refractivity contribution in [1.82, 2.24) is 9.97 Å². The predicted molar refractivity (Wildman–Crippen MR) is 97.1 cm³/mol. The Bertz CT molecular complexity index is 1160. The Morgan fingerprint density at radius 2 is 2.04 bits per heavy atom. The minimum Gasteiger partial charge on any atom is -0.461 e. The summed E-state index contributed by atoms with van der Waals surface area (Å²) in [6.45, 7) is 1.89. The SMILES string of the molecule is Cc1sc2nc(CC(=O)c3ccco3)[nH]c(=O)c2c1-c1ccc(F)cc1. The number of benzene rings is 1. The molecule has 0 aliphatic rings. The molecular weight excluding hydrogens is 355 g/mol. The fourth-order valence-corrected chi connectivity index (χ4v) is 3.95. The molecule has 0 fully saturated rings. The van der Waals surface area contributed by atoms with Crippen LogP contribution < -0.4 is 5.56 Å². The molecule has 0 unspecified atom stereocenters. The third-order valence-corrected chi connectivity index (χ3v) is 5.04. The Morgan fingerprint density at radius 1 is 1.27 bits per heavy atom. The number of thiophene rings is 1. The molecule has 5 nitrogen and oxygen atoms in total. The van der Waals surface area contributed by atoms with E-state index in [9.17, 15) is 14.0 Å². The summed E-state index contributed by atoms with van der Waals surface area (Å²) in [6.07, 6.45) is 1.37. The highest BCUT2D eigenvalue weighted by atomic mass is 32.1. The van der Waals surface area contributed by atoms with Crippen LogP contribution in [0.15, 0.2) is 51.9 Å². The predicted octanol–water partition coefficient (Wildman–Crippen LogP) is 4.12. The number of hydrogen-bond donors (Lipinski definition) is 1. The van der Waals surface area contributed by atoms with Gasteiger partial charge in [-0.05, 0) is 36.8 Å². The molecule has 26 heavy (non-hydrogen) atoms. The Morgan fingerprint density at radius 3 is 2.73 bits per heavy atom. The molecular formula is C19H13FN2O3S. The van der Waals surface area contributed by atoms with E-state index < -0.39 is 0 Å². The van der Waals surface area contributed by atoms with Gasteiger partial charge in [0, 0.05) is 10.4 Å². The molecule has 1 aromatic carbocycles. The number of nitrogens with zero attached hydrogens (tertiary/aromatic N) is 1. The molecule has 3 aromatic heterocycles. The third kappa shape index (κ3) is 2.86. The van der Waals surface area contributed by atoms with Crippen LogP contribution in [-0.2, 0) is 6.42 Å². The number of aryl methyl sites for hydroxylation is 1. The number of aromatic nitrogens is 2. The smallest absolute Gasteiger partial charge is 0.260 e. The molecule has 130 valence electrons. The van der Waals surface area contributed by atoms with E-state index in [0.717, 1.165) is 16.0 Å². The van der Waals surface area contributed by atoms with Gasteiger partial charge in [0.2, 0.25) is 5.78 Å². The second-order valence-electron chi connectivity index (χ2n) is 5.81. The lowest BCUT2D eigenvalue weighted by atomic mass is 10.0. The lowest BCUT2D eigenvalue weighted by molar-refractivity contribution is 0.0964. The second kappa shape index (κ2) is 6.34. The van der Waals surface area contributed by atoms with Gasteiger partial charge in [-0.1, -0.05) is 12.1 Å². The van der Waals surface area contributed by atoms with Crippen LogP contribution in [0.3, 0.4) is 0 Å². The number of Topliss-reactive ketones (excluding diaryl/α,β-unsaturated/α-hetero) is 1. The van der Waals surface area contributed by atoms with Crippen molar-refractivity contribution < 1.29 is 13.6 Å². The van der Waals surface area contributed by atoms with E-state index in [1.807, 2.05) is 6.92 Å². The third-order valence-electron chi connectivity index (χ3n) is 4.04. The average molecular weight is 368 g/mol. The molecule has 0 spiro atoms. The first kappa shape index (κ1) is 16.4. The molecule has 0 amide bonds. The Balaban J connectivity index is 1.78. The quantitative estimate of drug-likeness (QED) is 0.550. The van der Waals surface area contributed by atoms with Crippen molar-refractivity contribution in [2.45, 2.75) is 13.3 Å². The van der Waals surface area contributed by atoms with E-state index in [4.69, 9.17) is 4.42 Å². The highest BCUT2D eigenvalue weighted by Gasteiger charge is 2.18. The minimum atomic E-state index is -0.336. The van der Waals surface area contributed by atoms with E-state index in [2.05, 4.69) is 9.97 Å². The molecule has 4 aromatic rings. The molecule has 3 heterocycles. The van der Waals surface area contributed by atoms with E-state index in [0.29, 0.717) is 10.2 Å². The van der Waals surface area contributed by atoms with Gasteiger partial charge >= 0.3 is 0 Å². The number of carbonyl (C=O) groups is 1. The molecule has 0 radical (unpaired) electrons. The van der Waals surface area contributed by atoms with Crippen molar-refractivity contribution in [2.75, 3.05) is 0 Å². The first-order valence-corrected chi connectivity index (χ1v) is 8.69. The number of H-pyrrole nitrogens is 1. The van der Waals surface area contributed by atoms with E-state index in [1.165, 1.54) is 29.7 Å². The Hall–Kier alpha value is -3.06.